The lowest BCUT2D eigenvalue weighted by molar-refractivity contribution is -0.136. The summed E-state index contributed by atoms with van der Waals surface area (Å²) in [5.74, 6) is 0.643. The minimum absolute atomic E-state index is 0.0137. The Morgan fingerprint density at radius 1 is 1.29 bits per heavy atom. The van der Waals surface area contributed by atoms with Crippen molar-refractivity contribution in [3.8, 4) is 5.75 Å². The van der Waals surface area contributed by atoms with E-state index in [0.717, 1.165) is 0 Å². The zero-order valence-electron chi connectivity index (χ0n) is 13.4. The molecular weight excluding hydrogens is 266 g/mol. The quantitative estimate of drug-likeness (QED) is 0.796. The van der Waals surface area contributed by atoms with Gasteiger partial charge >= 0.3 is 0 Å². The predicted molar refractivity (Wildman–Crippen MR) is 83.0 cm³/mol. The number of hydrogen-bond acceptors (Lipinski definition) is 3. The molecule has 1 aliphatic heterocycles. The van der Waals surface area contributed by atoms with Crippen molar-refractivity contribution in [1.82, 2.24) is 0 Å². The number of carbonyl (C=O) groups excluding carboxylic acids is 2. The fraction of sp³-hybridized carbons (Fsp3) is 0.529. The van der Waals surface area contributed by atoms with Crippen molar-refractivity contribution in [2.75, 3.05) is 4.90 Å². The first-order valence-electron chi connectivity index (χ1n) is 7.54. The third-order valence-electron chi connectivity index (χ3n) is 4.20. The number of amides is 1. The van der Waals surface area contributed by atoms with Crippen LogP contribution in [0.4, 0.5) is 5.69 Å². The van der Waals surface area contributed by atoms with Crippen LogP contribution in [0.1, 0.15) is 57.8 Å². The third kappa shape index (κ3) is 2.43. The van der Waals surface area contributed by atoms with Gasteiger partial charge in [0, 0.05) is 11.6 Å². The fourth-order valence-corrected chi connectivity index (χ4v) is 2.80. The van der Waals surface area contributed by atoms with E-state index in [1.165, 1.54) is 6.92 Å². The van der Waals surface area contributed by atoms with Gasteiger partial charge in [0.25, 0.3) is 5.91 Å². The van der Waals surface area contributed by atoms with Crippen LogP contribution in [0.5, 0.6) is 5.75 Å². The van der Waals surface area contributed by atoms with E-state index in [1.807, 2.05) is 27.7 Å². The van der Waals surface area contributed by atoms with Crippen molar-refractivity contribution >= 4 is 17.4 Å². The monoisotopic (exact) mass is 289 g/mol. The second-order valence-corrected chi connectivity index (χ2v) is 5.81. The van der Waals surface area contributed by atoms with Crippen LogP contribution in [0.2, 0.25) is 0 Å². The highest BCUT2D eigenvalue weighted by Gasteiger charge is 2.46. The standard InChI is InChI=1S/C17H23NO3/c1-6-17(7-2)16(20)18(11(3)4)14-10-13(12(5)19)8-9-15(14)21-17/h8-11H,6-7H2,1-5H3. The van der Waals surface area contributed by atoms with E-state index in [2.05, 4.69) is 0 Å². The molecule has 0 aromatic heterocycles. The Morgan fingerprint density at radius 2 is 1.90 bits per heavy atom. The smallest absolute Gasteiger partial charge is 0.271 e. The highest BCUT2D eigenvalue weighted by Crippen LogP contribution is 2.42. The molecule has 114 valence electrons. The van der Waals surface area contributed by atoms with Gasteiger partial charge in [0.05, 0.1) is 5.69 Å². The maximum atomic E-state index is 12.9. The summed E-state index contributed by atoms with van der Waals surface area (Å²) in [6.45, 7) is 9.41. The first kappa shape index (κ1) is 15.5. The largest absolute Gasteiger partial charge is 0.475 e. The van der Waals surface area contributed by atoms with Crippen LogP contribution >= 0.6 is 0 Å². The normalized spacial score (nSPS) is 16.7. The van der Waals surface area contributed by atoms with Crippen LogP contribution in [0.15, 0.2) is 18.2 Å². The minimum atomic E-state index is -0.797. The summed E-state index contributed by atoms with van der Waals surface area (Å²) in [6, 6.07) is 5.32. The molecular formula is C17H23NO3. The minimum Gasteiger partial charge on any atom is -0.475 e. The number of Topliss-reactive ketones (excluding diaryl/α,β-unsaturated/α-hetero) is 1. The SMILES string of the molecule is CCC1(CC)Oc2ccc(C(C)=O)cc2N(C(C)C)C1=O. The molecule has 4 nitrogen and oxygen atoms in total. The molecule has 0 radical (unpaired) electrons. The van der Waals surface area contributed by atoms with Gasteiger partial charge in [-0.3, -0.25) is 9.59 Å². The summed E-state index contributed by atoms with van der Waals surface area (Å²) in [7, 11) is 0. The topological polar surface area (TPSA) is 46.6 Å². The summed E-state index contributed by atoms with van der Waals surface area (Å²) in [5, 5.41) is 0. The lowest BCUT2D eigenvalue weighted by atomic mass is 9.91. The van der Waals surface area contributed by atoms with E-state index in [1.54, 1.807) is 23.1 Å². The Morgan fingerprint density at radius 3 is 2.38 bits per heavy atom. The van der Waals surface area contributed by atoms with E-state index in [-0.39, 0.29) is 17.7 Å². The van der Waals surface area contributed by atoms with Gasteiger partial charge in [-0.1, -0.05) is 13.8 Å². The number of fused-ring (bicyclic) bond motifs is 1. The number of hydrogen-bond donors (Lipinski definition) is 0. The summed E-state index contributed by atoms with van der Waals surface area (Å²) < 4.78 is 6.04. The Bertz CT molecular complexity index is 573. The Balaban J connectivity index is 2.62. The molecule has 0 unspecified atom stereocenters. The summed E-state index contributed by atoms with van der Waals surface area (Å²) in [5.41, 5.74) is 0.492. The van der Waals surface area contributed by atoms with Gasteiger partial charge in [-0.25, -0.2) is 0 Å². The molecule has 0 spiro atoms. The molecule has 4 heteroatoms. The molecule has 21 heavy (non-hydrogen) atoms. The number of anilines is 1. The third-order valence-corrected chi connectivity index (χ3v) is 4.20. The van der Waals surface area contributed by atoms with Crippen molar-refractivity contribution in [3.63, 3.8) is 0 Å². The Hall–Kier alpha value is -1.84. The molecule has 0 saturated carbocycles. The predicted octanol–water partition coefficient (Wildman–Crippen LogP) is 3.58. The lowest BCUT2D eigenvalue weighted by Gasteiger charge is -2.43. The van der Waals surface area contributed by atoms with Crippen LogP contribution in [0.25, 0.3) is 0 Å². The molecule has 0 fully saturated rings. The second kappa shape index (κ2) is 5.51. The maximum Gasteiger partial charge on any atom is 0.271 e. The van der Waals surface area contributed by atoms with E-state index in [4.69, 9.17) is 4.74 Å². The molecule has 1 aliphatic rings. The zero-order chi connectivity index (χ0) is 15.8. The fourth-order valence-electron chi connectivity index (χ4n) is 2.80. The highest BCUT2D eigenvalue weighted by molar-refractivity contribution is 6.05. The van der Waals surface area contributed by atoms with Gasteiger partial charge < -0.3 is 9.64 Å². The van der Waals surface area contributed by atoms with E-state index in [9.17, 15) is 9.59 Å². The first-order valence-corrected chi connectivity index (χ1v) is 7.54. The number of ketones is 1. The van der Waals surface area contributed by atoms with Crippen LogP contribution in [0, 0.1) is 0 Å². The van der Waals surface area contributed by atoms with Crippen LogP contribution < -0.4 is 9.64 Å². The number of carbonyl (C=O) groups is 2. The lowest BCUT2D eigenvalue weighted by Crippen LogP contribution is -2.57. The molecule has 1 aromatic rings. The van der Waals surface area contributed by atoms with E-state index in [0.29, 0.717) is 29.8 Å². The molecule has 1 heterocycles. The molecule has 1 amide bonds. The highest BCUT2D eigenvalue weighted by atomic mass is 16.5. The number of benzene rings is 1. The van der Waals surface area contributed by atoms with Crippen molar-refractivity contribution in [2.24, 2.45) is 0 Å². The summed E-state index contributed by atoms with van der Waals surface area (Å²) in [6.07, 6.45) is 1.25. The summed E-state index contributed by atoms with van der Waals surface area (Å²) >= 11 is 0. The van der Waals surface area contributed by atoms with Gasteiger partial charge in [0.2, 0.25) is 0 Å². The molecule has 0 atom stereocenters. The second-order valence-electron chi connectivity index (χ2n) is 5.81. The molecule has 0 aliphatic carbocycles. The zero-order valence-corrected chi connectivity index (χ0v) is 13.4. The molecule has 0 bridgehead atoms. The maximum absolute atomic E-state index is 12.9. The molecule has 0 saturated heterocycles. The van der Waals surface area contributed by atoms with Crippen molar-refractivity contribution in [1.29, 1.82) is 0 Å². The van der Waals surface area contributed by atoms with Crippen molar-refractivity contribution in [2.45, 2.75) is 59.1 Å². The number of rotatable bonds is 4. The first-order chi connectivity index (χ1) is 9.86. The van der Waals surface area contributed by atoms with Gasteiger partial charge in [-0.05, 0) is 51.8 Å². The van der Waals surface area contributed by atoms with Crippen molar-refractivity contribution in [3.05, 3.63) is 23.8 Å². The Kier molecular flexibility index (Phi) is 4.08. The molecule has 1 aromatic carbocycles. The van der Waals surface area contributed by atoms with Crippen molar-refractivity contribution < 1.29 is 14.3 Å². The van der Waals surface area contributed by atoms with E-state index >= 15 is 0 Å². The number of ether oxygens (including phenoxy) is 1. The molecule has 0 N–H and O–H groups in total. The van der Waals surface area contributed by atoms with Gasteiger partial charge in [-0.15, -0.1) is 0 Å². The van der Waals surface area contributed by atoms with Crippen LogP contribution in [-0.4, -0.2) is 23.3 Å². The average Bonchev–Trinajstić information content (AvgIpc) is 2.45. The van der Waals surface area contributed by atoms with Crippen LogP contribution in [-0.2, 0) is 4.79 Å². The number of nitrogens with zero attached hydrogens (tertiary/aromatic N) is 1. The van der Waals surface area contributed by atoms with Gasteiger partial charge in [0.15, 0.2) is 11.4 Å². The van der Waals surface area contributed by atoms with E-state index < -0.39 is 5.60 Å². The molecule has 2 rings (SSSR count). The average molecular weight is 289 g/mol. The van der Waals surface area contributed by atoms with Gasteiger partial charge in [-0.2, -0.15) is 0 Å². The van der Waals surface area contributed by atoms with Gasteiger partial charge in [0.1, 0.15) is 5.75 Å². The van der Waals surface area contributed by atoms with Crippen LogP contribution in [0.3, 0.4) is 0 Å². The summed E-state index contributed by atoms with van der Waals surface area (Å²) in [4.78, 5) is 26.3. The Labute approximate surface area is 126 Å².